The van der Waals surface area contributed by atoms with Crippen LogP contribution in [0.3, 0.4) is 0 Å². The zero-order chi connectivity index (χ0) is 12.3. The summed E-state index contributed by atoms with van der Waals surface area (Å²) in [7, 11) is 0. The number of aromatic amines is 1. The number of amides is 1. The van der Waals surface area contributed by atoms with Crippen molar-refractivity contribution in [2.45, 2.75) is 19.4 Å². The molecule has 1 heterocycles. The number of pyridine rings is 1. The van der Waals surface area contributed by atoms with E-state index in [9.17, 15) is 9.59 Å². The zero-order valence-electron chi connectivity index (χ0n) is 9.54. The van der Waals surface area contributed by atoms with Crippen LogP contribution in [0.5, 0.6) is 0 Å². The second-order valence-electron chi connectivity index (χ2n) is 4.24. The van der Waals surface area contributed by atoms with Gasteiger partial charge in [-0.2, -0.15) is 0 Å². The Kier molecular flexibility index (Phi) is 5.87. The van der Waals surface area contributed by atoms with E-state index in [1.54, 1.807) is 0 Å². The smallest absolute Gasteiger partial charge is 0.262 e. The molecule has 0 spiro atoms. The molecule has 0 aliphatic heterocycles. The van der Waals surface area contributed by atoms with Crippen LogP contribution in [0.4, 0.5) is 0 Å². The molecule has 0 aromatic carbocycles. The summed E-state index contributed by atoms with van der Waals surface area (Å²) in [5.74, 6) is -0.268. The van der Waals surface area contributed by atoms with Gasteiger partial charge in [0.15, 0.2) is 0 Å². The van der Waals surface area contributed by atoms with Gasteiger partial charge >= 0.3 is 0 Å². The molecule has 0 atom stereocenters. The highest BCUT2D eigenvalue weighted by molar-refractivity contribution is 9.10. The number of H-pyrrole nitrogens is 1. The van der Waals surface area contributed by atoms with Gasteiger partial charge in [0.25, 0.3) is 11.5 Å². The summed E-state index contributed by atoms with van der Waals surface area (Å²) in [4.78, 5) is 25.2. The van der Waals surface area contributed by atoms with E-state index in [0.29, 0.717) is 16.6 Å². The van der Waals surface area contributed by atoms with E-state index >= 15 is 0 Å². The maximum atomic E-state index is 11.6. The Morgan fingerprint density at radius 3 is 2.65 bits per heavy atom. The van der Waals surface area contributed by atoms with Crippen molar-refractivity contribution < 1.29 is 4.79 Å². The summed E-state index contributed by atoms with van der Waals surface area (Å²) < 4.78 is 0.326. The molecule has 96 valence electrons. The van der Waals surface area contributed by atoms with Gasteiger partial charge in [-0.05, 0) is 35.8 Å². The third-order valence-electron chi connectivity index (χ3n) is 1.82. The third-order valence-corrected chi connectivity index (χ3v) is 2.41. The van der Waals surface area contributed by atoms with Crippen LogP contribution in [0, 0.1) is 0 Å². The van der Waals surface area contributed by atoms with Crippen LogP contribution < -0.4 is 16.6 Å². The minimum atomic E-state index is -0.463. The Balaban J connectivity index is 0.00000256. The Bertz CT molecular complexity index is 454. The summed E-state index contributed by atoms with van der Waals surface area (Å²) in [6, 6.07) is 1.47. The van der Waals surface area contributed by atoms with Gasteiger partial charge in [-0.15, -0.1) is 12.4 Å². The molecule has 5 nitrogen and oxygen atoms in total. The summed E-state index contributed by atoms with van der Waals surface area (Å²) >= 11 is 3.06. The van der Waals surface area contributed by atoms with E-state index in [1.165, 1.54) is 12.3 Å². The number of nitrogens with two attached hydrogens (primary N) is 1. The van der Waals surface area contributed by atoms with Crippen LogP contribution in [-0.2, 0) is 0 Å². The van der Waals surface area contributed by atoms with Crippen molar-refractivity contribution in [2.75, 3.05) is 6.54 Å². The quantitative estimate of drug-likeness (QED) is 0.776. The second kappa shape index (κ2) is 6.18. The number of aromatic nitrogens is 1. The number of hydrogen-bond donors (Lipinski definition) is 3. The lowest BCUT2D eigenvalue weighted by Gasteiger charge is -2.18. The molecule has 17 heavy (non-hydrogen) atoms. The fourth-order valence-electron chi connectivity index (χ4n) is 0.997. The average Bonchev–Trinajstić information content (AvgIpc) is 2.17. The summed E-state index contributed by atoms with van der Waals surface area (Å²) in [5.41, 5.74) is 5.39. The number of rotatable bonds is 3. The highest BCUT2D eigenvalue weighted by Gasteiger charge is 2.13. The first-order chi connectivity index (χ1) is 7.29. The SMILES string of the molecule is CC(C)(N)CNC(=O)c1c[nH]c(=O)c(Br)c1.Cl. The van der Waals surface area contributed by atoms with Gasteiger partial charge in [0.2, 0.25) is 0 Å². The number of nitrogens with one attached hydrogen (secondary N) is 2. The molecule has 0 aliphatic rings. The van der Waals surface area contributed by atoms with Crippen LogP contribution >= 0.6 is 28.3 Å². The van der Waals surface area contributed by atoms with Gasteiger partial charge in [-0.1, -0.05) is 0 Å². The second-order valence-corrected chi connectivity index (χ2v) is 5.09. The minimum absolute atomic E-state index is 0. The topological polar surface area (TPSA) is 88.0 Å². The molecular formula is C10H15BrClN3O2. The highest BCUT2D eigenvalue weighted by Crippen LogP contribution is 2.05. The lowest BCUT2D eigenvalue weighted by molar-refractivity contribution is 0.0945. The molecule has 4 N–H and O–H groups in total. The Hall–Kier alpha value is -0.850. The van der Waals surface area contributed by atoms with Gasteiger partial charge in [0.05, 0.1) is 10.0 Å². The van der Waals surface area contributed by atoms with E-state index < -0.39 is 5.54 Å². The molecule has 0 unspecified atom stereocenters. The Labute approximate surface area is 114 Å². The maximum Gasteiger partial charge on any atom is 0.262 e. The summed E-state index contributed by atoms with van der Waals surface area (Å²) in [6.07, 6.45) is 1.37. The van der Waals surface area contributed by atoms with Crippen molar-refractivity contribution in [3.8, 4) is 0 Å². The van der Waals surface area contributed by atoms with Crippen molar-refractivity contribution in [1.82, 2.24) is 10.3 Å². The van der Waals surface area contributed by atoms with Gasteiger partial charge in [0.1, 0.15) is 0 Å². The molecule has 0 radical (unpaired) electrons. The first kappa shape index (κ1) is 16.1. The molecule has 0 saturated heterocycles. The van der Waals surface area contributed by atoms with Crippen LogP contribution in [0.1, 0.15) is 24.2 Å². The van der Waals surface area contributed by atoms with Crippen LogP contribution in [0.25, 0.3) is 0 Å². The number of halogens is 2. The first-order valence-electron chi connectivity index (χ1n) is 4.75. The van der Waals surface area contributed by atoms with Crippen LogP contribution in [-0.4, -0.2) is 23.0 Å². The van der Waals surface area contributed by atoms with Gasteiger partial charge in [0, 0.05) is 18.3 Å². The summed E-state index contributed by atoms with van der Waals surface area (Å²) in [5, 5.41) is 2.68. The lowest BCUT2D eigenvalue weighted by atomic mass is 10.1. The lowest BCUT2D eigenvalue weighted by Crippen LogP contribution is -2.45. The molecule has 1 rings (SSSR count). The normalized spacial score (nSPS) is 10.6. The van der Waals surface area contributed by atoms with E-state index in [1.807, 2.05) is 13.8 Å². The fourth-order valence-corrected chi connectivity index (χ4v) is 1.36. The molecule has 1 aromatic heterocycles. The van der Waals surface area contributed by atoms with E-state index in [0.717, 1.165) is 0 Å². The highest BCUT2D eigenvalue weighted by atomic mass is 79.9. The van der Waals surface area contributed by atoms with E-state index in [2.05, 4.69) is 26.2 Å². The van der Waals surface area contributed by atoms with Crippen LogP contribution in [0.2, 0.25) is 0 Å². The predicted molar refractivity (Wildman–Crippen MR) is 72.6 cm³/mol. The summed E-state index contributed by atoms with van der Waals surface area (Å²) in [6.45, 7) is 3.99. The van der Waals surface area contributed by atoms with Gasteiger partial charge in [-0.3, -0.25) is 9.59 Å². The molecule has 0 aliphatic carbocycles. The van der Waals surface area contributed by atoms with Crippen molar-refractivity contribution in [3.63, 3.8) is 0 Å². The van der Waals surface area contributed by atoms with Crippen molar-refractivity contribution >= 4 is 34.2 Å². The number of carbonyl (C=O) groups excluding carboxylic acids is 1. The molecule has 0 saturated carbocycles. The van der Waals surface area contributed by atoms with Crippen molar-refractivity contribution in [2.24, 2.45) is 5.73 Å². The van der Waals surface area contributed by atoms with Gasteiger partial charge in [-0.25, -0.2) is 0 Å². The van der Waals surface area contributed by atoms with Crippen molar-refractivity contribution in [1.29, 1.82) is 0 Å². The number of carbonyl (C=O) groups is 1. The Morgan fingerprint density at radius 1 is 1.59 bits per heavy atom. The van der Waals surface area contributed by atoms with Gasteiger partial charge < -0.3 is 16.0 Å². The average molecular weight is 325 g/mol. The maximum absolute atomic E-state index is 11.6. The molecule has 1 amide bonds. The molecule has 7 heteroatoms. The van der Waals surface area contributed by atoms with Crippen molar-refractivity contribution in [3.05, 3.63) is 32.7 Å². The number of hydrogen-bond acceptors (Lipinski definition) is 3. The van der Waals surface area contributed by atoms with E-state index in [4.69, 9.17) is 5.73 Å². The molecule has 0 bridgehead atoms. The third kappa shape index (κ3) is 5.34. The minimum Gasteiger partial charge on any atom is -0.350 e. The largest absolute Gasteiger partial charge is 0.350 e. The molecule has 0 fully saturated rings. The molecular weight excluding hydrogens is 309 g/mol. The van der Waals surface area contributed by atoms with E-state index in [-0.39, 0.29) is 23.9 Å². The monoisotopic (exact) mass is 323 g/mol. The fraction of sp³-hybridized carbons (Fsp3) is 0.400. The molecule has 1 aromatic rings. The predicted octanol–water partition coefficient (Wildman–Crippen LogP) is 1.03. The zero-order valence-corrected chi connectivity index (χ0v) is 11.9. The van der Waals surface area contributed by atoms with Crippen LogP contribution in [0.15, 0.2) is 21.5 Å². The first-order valence-corrected chi connectivity index (χ1v) is 5.54. The Morgan fingerprint density at radius 2 is 2.18 bits per heavy atom. The standard InChI is InChI=1S/C10H14BrN3O2.ClH/c1-10(2,12)5-14-8(15)6-3-7(11)9(16)13-4-6;/h3-4H,5,12H2,1-2H3,(H,13,16)(H,14,15);1H.